The average molecular weight is 490 g/mol. The van der Waals surface area contributed by atoms with E-state index in [-0.39, 0.29) is 30.0 Å². The van der Waals surface area contributed by atoms with Crippen molar-refractivity contribution in [3.8, 4) is 0 Å². The van der Waals surface area contributed by atoms with Gasteiger partial charge in [-0.05, 0) is 30.7 Å². The minimum absolute atomic E-state index is 0. The third-order valence-corrected chi connectivity index (χ3v) is 5.01. The van der Waals surface area contributed by atoms with Crippen LogP contribution in [0.2, 0.25) is 0 Å². The van der Waals surface area contributed by atoms with Crippen LogP contribution in [0.3, 0.4) is 0 Å². The molecular formula is C18H31IN6S. The number of hydrogen-bond acceptors (Lipinski definition) is 4. The zero-order valence-electron chi connectivity index (χ0n) is 16.1. The Kier molecular flexibility index (Phi) is 10.8. The summed E-state index contributed by atoms with van der Waals surface area (Å²) in [5.41, 5.74) is 0. The van der Waals surface area contributed by atoms with Gasteiger partial charge in [0.2, 0.25) is 0 Å². The van der Waals surface area contributed by atoms with E-state index in [0.29, 0.717) is 5.92 Å². The van der Waals surface area contributed by atoms with Crippen LogP contribution in [-0.2, 0) is 13.0 Å². The monoisotopic (exact) mass is 490 g/mol. The maximum absolute atomic E-state index is 4.73. The van der Waals surface area contributed by atoms with Gasteiger partial charge >= 0.3 is 0 Å². The lowest BCUT2D eigenvalue weighted by atomic mass is 10.1. The standard InChI is InChI=1S/C18H30N6S.HI/c1-5-17-23-21-13-24(17)11-10-20-18(19-9-8-14(2)3)22-15(4)16-7-6-12-25-16;/h6-7,12-15H,5,8-11H2,1-4H3,(H2,19,20,22);1H. The second kappa shape index (κ2) is 12.3. The summed E-state index contributed by atoms with van der Waals surface area (Å²) in [5, 5.41) is 17.2. The molecule has 146 valence electrons. The first-order valence-corrected chi connectivity index (χ1v) is 9.93. The number of halogens is 1. The van der Waals surface area contributed by atoms with E-state index in [4.69, 9.17) is 4.99 Å². The van der Waals surface area contributed by atoms with Crippen molar-refractivity contribution in [1.29, 1.82) is 0 Å². The van der Waals surface area contributed by atoms with E-state index >= 15 is 0 Å². The predicted octanol–water partition coefficient (Wildman–Crippen LogP) is 3.86. The van der Waals surface area contributed by atoms with Gasteiger partial charge in [-0.15, -0.1) is 45.5 Å². The summed E-state index contributed by atoms with van der Waals surface area (Å²) >= 11 is 1.76. The van der Waals surface area contributed by atoms with Gasteiger partial charge in [-0.3, -0.25) is 4.99 Å². The topological polar surface area (TPSA) is 67.1 Å². The number of hydrogen-bond donors (Lipinski definition) is 2. The number of rotatable bonds is 9. The summed E-state index contributed by atoms with van der Waals surface area (Å²) in [7, 11) is 0. The summed E-state index contributed by atoms with van der Waals surface area (Å²) < 4.78 is 2.08. The van der Waals surface area contributed by atoms with E-state index in [1.165, 1.54) is 4.88 Å². The zero-order chi connectivity index (χ0) is 18.1. The maximum Gasteiger partial charge on any atom is 0.191 e. The molecule has 8 heteroatoms. The lowest BCUT2D eigenvalue weighted by molar-refractivity contribution is 0.587. The molecule has 0 saturated carbocycles. The fourth-order valence-electron chi connectivity index (χ4n) is 2.44. The fourth-order valence-corrected chi connectivity index (χ4v) is 3.17. The zero-order valence-corrected chi connectivity index (χ0v) is 19.3. The van der Waals surface area contributed by atoms with Gasteiger partial charge in [0.05, 0.1) is 6.04 Å². The van der Waals surface area contributed by atoms with Crippen molar-refractivity contribution >= 4 is 41.3 Å². The lowest BCUT2D eigenvalue weighted by Crippen LogP contribution is -2.40. The molecule has 0 bridgehead atoms. The van der Waals surface area contributed by atoms with Gasteiger partial charge in [0, 0.05) is 30.9 Å². The van der Waals surface area contributed by atoms with Crippen LogP contribution in [-0.4, -0.2) is 33.8 Å². The van der Waals surface area contributed by atoms with Gasteiger partial charge in [0.15, 0.2) is 5.96 Å². The molecule has 2 aromatic heterocycles. The first-order chi connectivity index (χ1) is 12.1. The van der Waals surface area contributed by atoms with E-state index in [1.54, 1.807) is 17.7 Å². The quantitative estimate of drug-likeness (QED) is 0.318. The highest BCUT2D eigenvalue weighted by molar-refractivity contribution is 14.0. The first-order valence-electron chi connectivity index (χ1n) is 9.05. The van der Waals surface area contributed by atoms with Crippen LogP contribution in [0.1, 0.15) is 50.9 Å². The Labute approximate surface area is 177 Å². The molecule has 0 radical (unpaired) electrons. The number of guanidine groups is 1. The van der Waals surface area contributed by atoms with Crippen LogP contribution in [0.4, 0.5) is 0 Å². The van der Waals surface area contributed by atoms with Crippen molar-refractivity contribution in [3.05, 3.63) is 34.5 Å². The molecule has 1 atom stereocenters. The Morgan fingerprint density at radius 2 is 2.15 bits per heavy atom. The molecule has 2 N–H and O–H groups in total. The average Bonchev–Trinajstić information content (AvgIpc) is 3.25. The Hall–Kier alpha value is -1.16. The highest BCUT2D eigenvalue weighted by Crippen LogP contribution is 2.17. The lowest BCUT2D eigenvalue weighted by Gasteiger charge is -2.18. The molecule has 26 heavy (non-hydrogen) atoms. The molecule has 0 aliphatic rings. The van der Waals surface area contributed by atoms with Crippen molar-refractivity contribution in [2.45, 2.75) is 53.1 Å². The van der Waals surface area contributed by atoms with E-state index in [1.807, 2.05) is 0 Å². The van der Waals surface area contributed by atoms with Crippen LogP contribution in [0, 0.1) is 5.92 Å². The van der Waals surface area contributed by atoms with Crippen molar-refractivity contribution in [2.75, 3.05) is 13.1 Å². The minimum Gasteiger partial charge on any atom is -0.355 e. The molecule has 2 aromatic rings. The van der Waals surface area contributed by atoms with E-state index in [0.717, 1.165) is 44.3 Å². The molecule has 0 saturated heterocycles. The van der Waals surface area contributed by atoms with Crippen molar-refractivity contribution in [2.24, 2.45) is 10.9 Å². The van der Waals surface area contributed by atoms with Crippen LogP contribution in [0.25, 0.3) is 0 Å². The Morgan fingerprint density at radius 3 is 2.81 bits per heavy atom. The number of nitrogens with zero attached hydrogens (tertiary/aromatic N) is 4. The van der Waals surface area contributed by atoms with Gasteiger partial charge in [0.1, 0.15) is 12.2 Å². The van der Waals surface area contributed by atoms with Gasteiger partial charge in [-0.1, -0.05) is 26.8 Å². The number of aryl methyl sites for hydroxylation is 1. The molecule has 2 rings (SSSR count). The molecular weight excluding hydrogens is 459 g/mol. The van der Waals surface area contributed by atoms with E-state index in [2.05, 4.69) is 70.6 Å². The third-order valence-electron chi connectivity index (χ3n) is 3.96. The van der Waals surface area contributed by atoms with Crippen molar-refractivity contribution in [3.63, 3.8) is 0 Å². The summed E-state index contributed by atoms with van der Waals surface area (Å²) in [5.74, 6) is 2.54. The minimum atomic E-state index is 0. The van der Waals surface area contributed by atoms with Crippen LogP contribution in [0.5, 0.6) is 0 Å². The van der Waals surface area contributed by atoms with Crippen LogP contribution >= 0.6 is 35.3 Å². The Balaban J connectivity index is 0.00000338. The molecule has 0 aromatic carbocycles. The highest BCUT2D eigenvalue weighted by Gasteiger charge is 2.09. The Bertz CT molecular complexity index is 638. The molecule has 0 aliphatic heterocycles. The fraction of sp³-hybridized carbons (Fsp3) is 0.611. The SMILES string of the molecule is CCc1nncn1CCNC(=NCCC(C)C)NC(C)c1cccs1.I. The molecule has 0 fully saturated rings. The largest absolute Gasteiger partial charge is 0.355 e. The van der Waals surface area contributed by atoms with Gasteiger partial charge in [-0.25, -0.2) is 0 Å². The van der Waals surface area contributed by atoms with Crippen LogP contribution in [0.15, 0.2) is 28.8 Å². The second-order valence-electron chi connectivity index (χ2n) is 6.52. The van der Waals surface area contributed by atoms with Crippen LogP contribution < -0.4 is 10.6 Å². The normalized spacial score (nSPS) is 12.7. The maximum atomic E-state index is 4.73. The number of thiophene rings is 1. The molecule has 2 heterocycles. The predicted molar refractivity (Wildman–Crippen MR) is 120 cm³/mol. The number of aromatic nitrogens is 3. The second-order valence-corrected chi connectivity index (χ2v) is 7.49. The first kappa shape index (κ1) is 22.9. The molecule has 0 spiro atoms. The highest BCUT2D eigenvalue weighted by atomic mass is 127. The molecule has 0 amide bonds. The van der Waals surface area contributed by atoms with E-state index in [9.17, 15) is 0 Å². The van der Waals surface area contributed by atoms with Crippen molar-refractivity contribution in [1.82, 2.24) is 25.4 Å². The Morgan fingerprint density at radius 1 is 1.35 bits per heavy atom. The summed E-state index contributed by atoms with van der Waals surface area (Å²) in [4.78, 5) is 6.04. The molecule has 0 aliphatic carbocycles. The van der Waals surface area contributed by atoms with E-state index < -0.39 is 0 Å². The third kappa shape index (κ3) is 7.61. The number of aliphatic imine (C=N–C) groups is 1. The summed E-state index contributed by atoms with van der Waals surface area (Å²) in [6, 6.07) is 4.48. The van der Waals surface area contributed by atoms with Gasteiger partial charge in [0.25, 0.3) is 0 Å². The molecule has 1 unspecified atom stereocenters. The molecule has 6 nitrogen and oxygen atoms in total. The van der Waals surface area contributed by atoms with Gasteiger partial charge in [-0.2, -0.15) is 0 Å². The summed E-state index contributed by atoms with van der Waals surface area (Å²) in [6.45, 7) is 11.2. The summed E-state index contributed by atoms with van der Waals surface area (Å²) in [6.07, 6.45) is 3.77. The van der Waals surface area contributed by atoms with Crippen molar-refractivity contribution < 1.29 is 0 Å². The number of nitrogens with one attached hydrogen (secondary N) is 2. The van der Waals surface area contributed by atoms with Gasteiger partial charge < -0.3 is 15.2 Å². The smallest absolute Gasteiger partial charge is 0.191 e.